The van der Waals surface area contributed by atoms with Crippen molar-refractivity contribution >= 4 is 21.7 Å². The van der Waals surface area contributed by atoms with E-state index in [0.29, 0.717) is 12.0 Å². The third kappa shape index (κ3) is 3.03. The van der Waals surface area contributed by atoms with Gasteiger partial charge in [-0.05, 0) is 30.7 Å². The summed E-state index contributed by atoms with van der Waals surface area (Å²) in [4.78, 5) is 25.1. The highest BCUT2D eigenvalue weighted by atomic mass is 32.2. The molecule has 1 N–H and O–H groups in total. The third-order valence-electron chi connectivity index (χ3n) is 4.12. The fourth-order valence-electron chi connectivity index (χ4n) is 2.98. The quantitative estimate of drug-likeness (QED) is 0.833. The molecule has 2 aliphatic heterocycles. The Morgan fingerprint density at radius 1 is 1.35 bits per heavy atom. The maximum absolute atomic E-state index is 12.6. The minimum absolute atomic E-state index is 0.0437. The van der Waals surface area contributed by atoms with Crippen molar-refractivity contribution in [2.45, 2.75) is 25.5 Å². The summed E-state index contributed by atoms with van der Waals surface area (Å²) in [5.74, 6) is -1.80. The summed E-state index contributed by atoms with van der Waals surface area (Å²) in [6, 6.07) is 3.64. The van der Waals surface area contributed by atoms with E-state index in [9.17, 15) is 23.1 Å². The molecule has 1 aromatic rings. The number of benzene rings is 1. The van der Waals surface area contributed by atoms with Gasteiger partial charge in [-0.2, -0.15) is 0 Å². The third-order valence-corrected chi connectivity index (χ3v) is 5.75. The topological polar surface area (TPSA) is 101 Å². The Morgan fingerprint density at radius 3 is 2.78 bits per heavy atom. The van der Waals surface area contributed by atoms with E-state index in [4.69, 9.17) is 4.74 Å². The van der Waals surface area contributed by atoms with Gasteiger partial charge in [-0.1, -0.05) is 0 Å². The second-order valence-corrected chi connectivity index (χ2v) is 8.15. The molecule has 2 unspecified atom stereocenters. The van der Waals surface area contributed by atoms with Crippen LogP contribution >= 0.6 is 0 Å². The number of carbonyl (C=O) groups is 2. The van der Waals surface area contributed by atoms with Crippen LogP contribution in [0.3, 0.4) is 0 Å². The van der Waals surface area contributed by atoms with E-state index in [1.54, 1.807) is 18.2 Å². The standard InChI is InChI=1S/C15H17NO6S/c1-9-6-11-7-10(2-3-13(11)22-9)14(17)16-4-5-23(20,21)8-12(16)15(18)19/h2-3,7,9,12H,4-6,8H2,1H3,(H,18,19). The molecule has 23 heavy (non-hydrogen) atoms. The van der Waals surface area contributed by atoms with Crippen LogP contribution in [0.25, 0.3) is 0 Å². The number of hydrogen-bond acceptors (Lipinski definition) is 5. The monoisotopic (exact) mass is 339 g/mol. The highest BCUT2D eigenvalue weighted by Gasteiger charge is 2.39. The van der Waals surface area contributed by atoms with Crippen LogP contribution in [-0.2, 0) is 21.1 Å². The SMILES string of the molecule is CC1Cc2cc(C(=O)N3CCS(=O)(=O)CC3C(=O)O)ccc2O1. The lowest BCUT2D eigenvalue weighted by molar-refractivity contribution is -0.141. The zero-order valence-electron chi connectivity index (χ0n) is 12.6. The van der Waals surface area contributed by atoms with E-state index in [0.717, 1.165) is 16.2 Å². The highest BCUT2D eigenvalue weighted by Crippen LogP contribution is 2.30. The molecule has 0 saturated carbocycles. The van der Waals surface area contributed by atoms with E-state index < -0.39 is 33.5 Å². The first-order valence-corrected chi connectivity index (χ1v) is 9.13. The van der Waals surface area contributed by atoms with Gasteiger partial charge in [0, 0.05) is 18.5 Å². The number of carboxylic acids is 1. The van der Waals surface area contributed by atoms with Crippen molar-refractivity contribution in [3.63, 3.8) is 0 Å². The van der Waals surface area contributed by atoms with Crippen molar-refractivity contribution in [3.8, 4) is 5.75 Å². The Kier molecular flexibility index (Phi) is 3.79. The van der Waals surface area contributed by atoms with E-state index in [2.05, 4.69) is 0 Å². The van der Waals surface area contributed by atoms with Crippen LogP contribution in [0, 0.1) is 0 Å². The summed E-state index contributed by atoms with van der Waals surface area (Å²) >= 11 is 0. The first kappa shape index (κ1) is 15.8. The number of ether oxygens (including phenoxy) is 1. The molecule has 0 aromatic heterocycles. The number of amides is 1. The molecular formula is C15H17NO6S. The van der Waals surface area contributed by atoms with Crippen LogP contribution in [0.1, 0.15) is 22.8 Å². The predicted octanol–water partition coefficient (Wildman–Crippen LogP) is 0.334. The van der Waals surface area contributed by atoms with Crippen molar-refractivity contribution in [2.24, 2.45) is 0 Å². The van der Waals surface area contributed by atoms with Crippen molar-refractivity contribution in [1.82, 2.24) is 4.90 Å². The normalized spacial score (nSPS) is 25.5. The molecular weight excluding hydrogens is 322 g/mol. The Balaban J connectivity index is 1.88. The molecule has 1 aromatic carbocycles. The molecule has 1 saturated heterocycles. The van der Waals surface area contributed by atoms with Crippen molar-refractivity contribution < 1.29 is 27.9 Å². The summed E-state index contributed by atoms with van der Waals surface area (Å²) in [6.45, 7) is 1.82. The second kappa shape index (κ2) is 5.52. The summed E-state index contributed by atoms with van der Waals surface area (Å²) in [6.07, 6.45) is 0.731. The van der Waals surface area contributed by atoms with Gasteiger partial charge in [0.15, 0.2) is 9.84 Å². The Hall–Kier alpha value is -2.09. The fourth-order valence-corrected chi connectivity index (χ4v) is 4.42. The first-order chi connectivity index (χ1) is 10.8. The zero-order chi connectivity index (χ0) is 16.8. The van der Waals surface area contributed by atoms with Crippen molar-refractivity contribution in [1.29, 1.82) is 0 Å². The summed E-state index contributed by atoms with van der Waals surface area (Å²) in [5, 5.41) is 9.25. The average Bonchev–Trinajstić information content (AvgIpc) is 2.84. The largest absolute Gasteiger partial charge is 0.490 e. The van der Waals surface area contributed by atoms with E-state index in [1.807, 2.05) is 6.92 Å². The van der Waals surface area contributed by atoms with Gasteiger partial charge >= 0.3 is 5.97 Å². The Labute approximate surface area is 133 Å². The molecule has 0 spiro atoms. The molecule has 2 aliphatic rings. The minimum Gasteiger partial charge on any atom is -0.490 e. The van der Waals surface area contributed by atoms with Crippen LogP contribution in [0.5, 0.6) is 5.75 Å². The van der Waals surface area contributed by atoms with Crippen LogP contribution in [0.15, 0.2) is 18.2 Å². The molecule has 0 bridgehead atoms. The van der Waals surface area contributed by atoms with Crippen LogP contribution < -0.4 is 4.74 Å². The number of fused-ring (bicyclic) bond motifs is 1. The molecule has 0 radical (unpaired) electrons. The minimum atomic E-state index is -3.44. The molecule has 124 valence electrons. The number of hydrogen-bond donors (Lipinski definition) is 1. The molecule has 1 fully saturated rings. The van der Waals surface area contributed by atoms with E-state index in [-0.39, 0.29) is 18.4 Å². The fraction of sp³-hybridized carbons (Fsp3) is 0.467. The number of carboxylic acid groups (broad SMARTS) is 1. The van der Waals surface area contributed by atoms with Gasteiger partial charge in [-0.15, -0.1) is 0 Å². The smallest absolute Gasteiger partial charge is 0.327 e. The van der Waals surface area contributed by atoms with E-state index in [1.165, 1.54) is 0 Å². The Morgan fingerprint density at radius 2 is 2.09 bits per heavy atom. The second-order valence-electron chi connectivity index (χ2n) is 5.92. The highest BCUT2D eigenvalue weighted by molar-refractivity contribution is 7.91. The Bertz CT molecular complexity index is 772. The molecule has 2 heterocycles. The number of rotatable bonds is 2. The summed E-state index contributed by atoms with van der Waals surface area (Å²) in [5.41, 5.74) is 1.26. The van der Waals surface area contributed by atoms with Gasteiger partial charge < -0.3 is 14.7 Å². The maximum atomic E-state index is 12.6. The predicted molar refractivity (Wildman–Crippen MR) is 81.4 cm³/mol. The van der Waals surface area contributed by atoms with Gasteiger partial charge in [0.25, 0.3) is 5.91 Å². The van der Waals surface area contributed by atoms with Gasteiger partial charge in [0.1, 0.15) is 17.9 Å². The number of nitrogens with zero attached hydrogens (tertiary/aromatic N) is 1. The lowest BCUT2D eigenvalue weighted by atomic mass is 10.1. The number of aliphatic carboxylic acids is 1. The lowest BCUT2D eigenvalue weighted by Crippen LogP contribution is -2.54. The molecule has 0 aliphatic carbocycles. The van der Waals surface area contributed by atoms with Crippen molar-refractivity contribution in [2.75, 3.05) is 18.1 Å². The van der Waals surface area contributed by atoms with Gasteiger partial charge in [0.2, 0.25) is 0 Å². The molecule has 8 heteroatoms. The summed E-state index contributed by atoms with van der Waals surface area (Å²) < 4.78 is 28.9. The summed E-state index contributed by atoms with van der Waals surface area (Å²) in [7, 11) is -3.44. The number of carbonyl (C=O) groups excluding carboxylic acids is 1. The molecule has 2 atom stereocenters. The average molecular weight is 339 g/mol. The van der Waals surface area contributed by atoms with Crippen LogP contribution in [0.4, 0.5) is 0 Å². The number of sulfone groups is 1. The van der Waals surface area contributed by atoms with Gasteiger partial charge in [-0.25, -0.2) is 13.2 Å². The van der Waals surface area contributed by atoms with E-state index >= 15 is 0 Å². The van der Waals surface area contributed by atoms with Crippen LogP contribution in [-0.4, -0.2) is 60.5 Å². The molecule has 1 amide bonds. The van der Waals surface area contributed by atoms with Gasteiger partial charge in [0.05, 0.1) is 11.5 Å². The first-order valence-electron chi connectivity index (χ1n) is 7.30. The lowest BCUT2D eigenvalue weighted by Gasteiger charge is -2.32. The zero-order valence-corrected chi connectivity index (χ0v) is 13.4. The maximum Gasteiger partial charge on any atom is 0.327 e. The molecule has 7 nitrogen and oxygen atoms in total. The molecule has 3 rings (SSSR count). The van der Waals surface area contributed by atoms with Crippen molar-refractivity contribution in [3.05, 3.63) is 29.3 Å². The van der Waals surface area contributed by atoms with Gasteiger partial charge in [-0.3, -0.25) is 4.79 Å². The van der Waals surface area contributed by atoms with Crippen LogP contribution in [0.2, 0.25) is 0 Å².